The third kappa shape index (κ3) is 6.86. The Labute approximate surface area is 195 Å². The van der Waals surface area contributed by atoms with Crippen LogP contribution in [0.5, 0.6) is 0 Å². The van der Waals surface area contributed by atoms with Gasteiger partial charge in [-0.15, -0.1) is 11.8 Å². The predicted molar refractivity (Wildman–Crippen MR) is 130 cm³/mol. The van der Waals surface area contributed by atoms with Gasteiger partial charge in [-0.2, -0.15) is 0 Å². The van der Waals surface area contributed by atoms with E-state index in [-0.39, 0.29) is 11.1 Å². The molecule has 10 heteroatoms. The summed E-state index contributed by atoms with van der Waals surface area (Å²) in [7, 11) is -3.41. The Morgan fingerprint density at radius 3 is 2.26 bits per heavy atom. The van der Waals surface area contributed by atoms with E-state index in [1.54, 1.807) is 0 Å². The van der Waals surface area contributed by atoms with Crippen molar-refractivity contribution in [2.24, 2.45) is 0 Å². The first-order valence-corrected chi connectivity index (χ1v) is 16.0. The first kappa shape index (κ1) is 27.5. The van der Waals surface area contributed by atoms with Crippen molar-refractivity contribution in [2.45, 2.75) is 113 Å². The van der Waals surface area contributed by atoms with E-state index in [1.807, 2.05) is 32.9 Å². The molecule has 0 aromatic rings. The molecule has 1 fully saturated rings. The Hall–Kier alpha value is 0.217. The van der Waals surface area contributed by atoms with Crippen LogP contribution in [-0.4, -0.2) is 80.3 Å². The lowest BCUT2D eigenvalue weighted by molar-refractivity contribution is -0.203. The highest BCUT2D eigenvalue weighted by Gasteiger charge is 2.48. The lowest BCUT2D eigenvalue weighted by Crippen LogP contribution is -2.63. The zero-order valence-corrected chi connectivity index (χ0v) is 22.6. The van der Waals surface area contributed by atoms with Crippen LogP contribution >= 0.6 is 11.8 Å². The van der Waals surface area contributed by atoms with E-state index < -0.39 is 59.9 Å². The fourth-order valence-corrected chi connectivity index (χ4v) is 6.53. The molecule has 0 aliphatic carbocycles. The van der Waals surface area contributed by atoms with E-state index in [0.29, 0.717) is 12.2 Å². The molecule has 0 aromatic heterocycles. The second kappa shape index (κ2) is 10.2. The van der Waals surface area contributed by atoms with Gasteiger partial charge >= 0.3 is 0 Å². The number of ether oxygens (including phenoxy) is 1. The maximum Gasteiger partial charge on any atom is 0.192 e. The Morgan fingerprint density at radius 2 is 1.71 bits per heavy atom. The van der Waals surface area contributed by atoms with Gasteiger partial charge in [0.25, 0.3) is 0 Å². The summed E-state index contributed by atoms with van der Waals surface area (Å²) < 4.78 is 28.0. The van der Waals surface area contributed by atoms with Crippen molar-refractivity contribution in [3.05, 3.63) is 12.2 Å². The molecule has 2 rings (SSSR count). The fourth-order valence-electron chi connectivity index (χ4n) is 3.16. The molecule has 0 radical (unpaired) electrons. The third-order valence-electron chi connectivity index (χ3n) is 6.24. The SMILES string of the molecule is CC(C)(C)[S@@](=O)N[C@@H]1C/C=C/C(O[Si](C)(C)C(C)(C)C)CSC2OC1C(O)C(O)C2O. The molecule has 8 atom stereocenters. The van der Waals surface area contributed by atoms with Crippen LogP contribution in [0.3, 0.4) is 0 Å². The number of nitrogens with one attached hydrogen (secondary N) is 1. The van der Waals surface area contributed by atoms with Gasteiger partial charge in [0.2, 0.25) is 0 Å². The molecule has 0 aromatic carbocycles. The highest BCUT2D eigenvalue weighted by atomic mass is 32.2. The number of aliphatic hydroxyl groups is 3. The molecule has 31 heavy (non-hydrogen) atoms. The average Bonchev–Trinajstić information content (AvgIpc) is 2.62. The minimum atomic E-state index is -2.02. The highest BCUT2D eigenvalue weighted by Crippen LogP contribution is 2.39. The van der Waals surface area contributed by atoms with Crippen molar-refractivity contribution >= 4 is 31.1 Å². The summed E-state index contributed by atoms with van der Waals surface area (Å²) in [5, 5.41) is 31.6. The normalized spacial score (nSPS) is 37.8. The van der Waals surface area contributed by atoms with Gasteiger partial charge in [0.15, 0.2) is 8.32 Å². The second-order valence-electron chi connectivity index (χ2n) is 11.0. The van der Waals surface area contributed by atoms with E-state index >= 15 is 0 Å². The van der Waals surface area contributed by atoms with Crippen LogP contribution in [0, 0.1) is 0 Å². The maximum absolute atomic E-state index is 12.8. The van der Waals surface area contributed by atoms with Crippen molar-refractivity contribution < 1.29 is 28.7 Å². The summed E-state index contributed by atoms with van der Waals surface area (Å²) in [6, 6.07) is -0.497. The van der Waals surface area contributed by atoms with Crippen LogP contribution in [0.1, 0.15) is 48.0 Å². The minimum Gasteiger partial charge on any atom is -0.410 e. The summed E-state index contributed by atoms with van der Waals surface area (Å²) >= 11 is 1.37. The van der Waals surface area contributed by atoms with E-state index in [4.69, 9.17) is 9.16 Å². The lowest BCUT2D eigenvalue weighted by atomic mass is 9.93. The molecule has 2 aliphatic heterocycles. The fraction of sp³-hybridized carbons (Fsp3) is 0.905. The second-order valence-corrected chi connectivity index (χ2v) is 18.8. The largest absolute Gasteiger partial charge is 0.410 e. The van der Waals surface area contributed by atoms with Crippen LogP contribution in [-0.2, 0) is 20.1 Å². The van der Waals surface area contributed by atoms with Crippen LogP contribution in [0.2, 0.25) is 18.1 Å². The molecular formula is C21H41NO6S2Si. The van der Waals surface area contributed by atoms with Gasteiger partial charge in [0.05, 0.1) is 27.9 Å². The van der Waals surface area contributed by atoms with E-state index in [0.717, 1.165) is 0 Å². The van der Waals surface area contributed by atoms with E-state index in [2.05, 4.69) is 38.6 Å². The molecule has 1 saturated heterocycles. The quantitative estimate of drug-likeness (QED) is 0.350. The van der Waals surface area contributed by atoms with Crippen molar-refractivity contribution in [1.82, 2.24) is 4.72 Å². The smallest absolute Gasteiger partial charge is 0.192 e. The monoisotopic (exact) mass is 495 g/mol. The molecule has 4 N–H and O–H groups in total. The Balaban J connectivity index is 2.31. The van der Waals surface area contributed by atoms with Gasteiger partial charge < -0.3 is 24.5 Å². The minimum absolute atomic E-state index is 0.0563. The maximum atomic E-state index is 12.8. The summed E-state index contributed by atoms with van der Waals surface area (Å²) in [6.07, 6.45) is -0.369. The molecular weight excluding hydrogens is 454 g/mol. The molecule has 6 unspecified atom stereocenters. The van der Waals surface area contributed by atoms with Gasteiger partial charge in [-0.05, 0) is 45.3 Å². The van der Waals surface area contributed by atoms with Crippen LogP contribution in [0.4, 0.5) is 0 Å². The summed E-state index contributed by atoms with van der Waals surface area (Å²) in [5.74, 6) is 0.562. The summed E-state index contributed by atoms with van der Waals surface area (Å²) in [5.41, 5.74) is -0.715. The zero-order chi connectivity index (χ0) is 23.8. The van der Waals surface area contributed by atoms with Gasteiger partial charge in [0, 0.05) is 5.75 Å². The standard InChI is InChI=1S/C21H41NO6S2Si/c1-20(2,3)30(26)22-14-11-9-10-13(28-31(7,8)21(4,5)6)12-29-19-17(25)15(23)16(24)18(14)27-19/h9-10,13-19,22-25H,11-12H2,1-8H3/b10-9+/t13?,14-,15?,16?,17?,18?,19?,30-/m1/s1. The predicted octanol–water partition coefficient (Wildman–Crippen LogP) is 2.30. The molecule has 2 heterocycles. The lowest BCUT2D eigenvalue weighted by Gasteiger charge is -2.44. The number of hydrogen-bond donors (Lipinski definition) is 4. The Bertz CT molecular complexity index is 663. The molecule has 0 spiro atoms. The van der Waals surface area contributed by atoms with Gasteiger partial charge in [-0.3, -0.25) is 0 Å². The Kier molecular flexibility index (Phi) is 9.06. The Morgan fingerprint density at radius 1 is 1.10 bits per heavy atom. The summed E-state index contributed by atoms with van der Waals surface area (Å²) in [4.78, 5) is 0. The zero-order valence-electron chi connectivity index (χ0n) is 20.0. The average molecular weight is 496 g/mol. The highest BCUT2D eigenvalue weighted by molar-refractivity contribution is 7.99. The molecule has 0 amide bonds. The van der Waals surface area contributed by atoms with Crippen LogP contribution in [0.15, 0.2) is 12.2 Å². The van der Waals surface area contributed by atoms with Crippen LogP contribution < -0.4 is 4.72 Å². The van der Waals surface area contributed by atoms with Gasteiger partial charge in [0.1, 0.15) is 29.9 Å². The topological polar surface area (TPSA) is 108 Å². The molecule has 7 nitrogen and oxygen atoms in total. The van der Waals surface area contributed by atoms with Crippen LogP contribution in [0.25, 0.3) is 0 Å². The van der Waals surface area contributed by atoms with Crippen molar-refractivity contribution in [3.8, 4) is 0 Å². The van der Waals surface area contributed by atoms with E-state index in [1.165, 1.54) is 11.8 Å². The molecule has 0 saturated carbocycles. The molecule has 2 aliphatic rings. The van der Waals surface area contributed by atoms with E-state index in [9.17, 15) is 19.5 Å². The van der Waals surface area contributed by atoms with Gasteiger partial charge in [-0.25, -0.2) is 8.93 Å². The molecule has 182 valence electrons. The number of thioether (sulfide) groups is 1. The number of aliphatic hydroxyl groups excluding tert-OH is 3. The van der Waals surface area contributed by atoms with Crippen molar-refractivity contribution in [3.63, 3.8) is 0 Å². The third-order valence-corrected chi connectivity index (χ3v) is 13.6. The van der Waals surface area contributed by atoms with Crippen molar-refractivity contribution in [2.75, 3.05) is 5.75 Å². The van der Waals surface area contributed by atoms with Gasteiger partial charge in [-0.1, -0.05) is 32.9 Å². The summed E-state index contributed by atoms with van der Waals surface area (Å²) in [6.45, 7) is 16.6. The molecule has 2 bridgehead atoms. The first-order chi connectivity index (χ1) is 14.0. The van der Waals surface area contributed by atoms with Crippen molar-refractivity contribution in [1.29, 1.82) is 0 Å². The number of fused-ring (bicyclic) bond motifs is 2. The number of hydrogen-bond acceptors (Lipinski definition) is 7. The first-order valence-electron chi connectivity index (χ1n) is 10.9. The number of rotatable bonds is 4.